The molecular formula is C12H14O2. The van der Waals surface area contributed by atoms with E-state index in [9.17, 15) is 4.79 Å². The molecule has 1 heterocycles. The van der Waals surface area contributed by atoms with E-state index < -0.39 is 0 Å². The molecule has 0 saturated heterocycles. The number of ketones is 1. The zero-order valence-electron chi connectivity index (χ0n) is 8.16. The Morgan fingerprint density at radius 2 is 2.29 bits per heavy atom. The van der Waals surface area contributed by atoms with Crippen LogP contribution >= 0.6 is 0 Å². The predicted molar refractivity (Wildman–Crippen MR) is 52.6 cm³/mol. The van der Waals surface area contributed by atoms with Crippen molar-refractivity contribution in [2.75, 3.05) is 0 Å². The van der Waals surface area contributed by atoms with Crippen molar-refractivity contribution in [2.45, 2.75) is 38.2 Å². The first-order valence-corrected chi connectivity index (χ1v) is 5.46. The van der Waals surface area contributed by atoms with E-state index >= 15 is 0 Å². The largest absolute Gasteiger partial charge is 0.493 e. The zero-order chi connectivity index (χ0) is 9.54. The first kappa shape index (κ1) is 8.27. The summed E-state index contributed by atoms with van der Waals surface area (Å²) in [6.07, 6.45) is 9.45. The van der Waals surface area contributed by atoms with Crippen LogP contribution in [0.4, 0.5) is 0 Å². The van der Waals surface area contributed by atoms with Crippen molar-refractivity contribution in [1.29, 1.82) is 0 Å². The van der Waals surface area contributed by atoms with E-state index in [1.165, 1.54) is 0 Å². The summed E-state index contributed by atoms with van der Waals surface area (Å²) in [5.41, 5.74) is 0.997. The summed E-state index contributed by atoms with van der Waals surface area (Å²) in [7, 11) is 0. The van der Waals surface area contributed by atoms with E-state index in [0.717, 1.165) is 43.4 Å². The Labute approximate surface area is 83.6 Å². The second kappa shape index (κ2) is 2.97. The third-order valence-electron chi connectivity index (χ3n) is 3.40. The van der Waals surface area contributed by atoms with Crippen molar-refractivity contribution in [2.24, 2.45) is 5.92 Å². The molecule has 74 valence electrons. The van der Waals surface area contributed by atoms with Gasteiger partial charge in [-0.05, 0) is 19.3 Å². The maximum absolute atomic E-state index is 11.8. The molecule has 2 nitrogen and oxygen atoms in total. The van der Waals surface area contributed by atoms with Crippen molar-refractivity contribution in [3.63, 3.8) is 0 Å². The minimum atomic E-state index is 0.270. The van der Waals surface area contributed by atoms with Crippen LogP contribution < -0.4 is 0 Å². The summed E-state index contributed by atoms with van der Waals surface area (Å²) < 4.78 is 5.85. The van der Waals surface area contributed by atoms with E-state index in [1.54, 1.807) is 0 Å². The molecule has 0 radical (unpaired) electrons. The van der Waals surface area contributed by atoms with Crippen molar-refractivity contribution >= 4 is 5.78 Å². The minimum absolute atomic E-state index is 0.270. The van der Waals surface area contributed by atoms with Crippen LogP contribution in [-0.2, 0) is 9.53 Å². The number of ether oxygens (including phenoxy) is 1. The van der Waals surface area contributed by atoms with Gasteiger partial charge in [0.15, 0.2) is 5.78 Å². The molecule has 0 N–H and O–H groups in total. The standard InChI is InChI=1S/C12H14O2/c13-9-5-3-7-11-12(9)8-4-1-2-6-10(8)14-11/h1,4,8,10H,2-3,5-7H2. The lowest BCUT2D eigenvalue weighted by Crippen LogP contribution is -2.22. The molecule has 0 amide bonds. The van der Waals surface area contributed by atoms with Gasteiger partial charge < -0.3 is 4.74 Å². The number of hydrogen-bond acceptors (Lipinski definition) is 2. The first-order chi connectivity index (χ1) is 6.86. The SMILES string of the molecule is O=C1CCCC2=C1C1C=CCCC1O2. The number of carbonyl (C=O) groups is 1. The van der Waals surface area contributed by atoms with E-state index in [1.807, 2.05) is 0 Å². The molecule has 2 aliphatic carbocycles. The number of allylic oxidation sites excluding steroid dienone is 2. The van der Waals surface area contributed by atoms with Crippen molar-refractivity contribution in [1.82, 2.24) is 0 Å². The quantitative estimate of drug-likeness (QED) is 0.548. The number of fused-ring (bicyclic) bond motifs is 2. The third-order valence-corrected chi connectivity index (χ3v) is 3.40. The lowest BCUT2D eigenvalue weighted by Gasteiger charge is -2.20. The fraction of sp³-hybridized carbons (Fsp3) is 0.583. The monoisotopic (exact) mass is 190 g/mol. The van der Waals surface area contributed by atoms with Gasteiger partial charge in [-0.2, -0.15) is 0 Å². The van der Waals surface area contributed by atoms with Gasteiger partial charge in [-0.3, -0.25) is 4.79 Å². The summed E-state index contributed by atoms with van der Waals surface area (Å²) in [4.78, 5) is 11.8. The van der Waals surface area contributed by atoms with Gasteiger partial charge in [0.25, 0.3) is 0 Å². The zero-order valence-corrected chi connectivity index (χ0v) is 8.16. The number of hydrogen-bond donors (Lipinski definition) is 0. The second-order valence-electron chi connectivity index (χ2n) is 4.30. The van der Waals surface area contributed by atoms with Gasteiger partial charge in [-0.25, -0.2) is 0 Å². The molecule has 2 unspecified atom stereocenters. The highest BCUT2D eigenvalue weighted by atomic mass is 16.5. The van der Waals surface area contributed by atoms with Crippen LogP contribution in [0.3, 0.4) is 0 Å². The molecule has 0 aromatic carbocycles. The Morgan fingerprint density at radius 3 is 3.21 bits per heavy atom. The van der Waals surface area contributed by atoms with Crippen molar-refractivity contribution in [3.8, 4) is 0 Å². The molecule has 0 fully saturated rings. The summed E-state index contributed by atoms with van der Waals surface area (Å²) in [6.45, 7) is 0. The Morgan fingerprint density at radius 1 is 1.36 bits per heavy atom. The van der Waals surface area contributed by atoms with E-state index in [2.05, 4.69) is 12.2 Å². The van der Waals surface area contributed by atoms with Crippen LogP contribution in [0.1, 0.15) is 32.1 Å². The summed E-state index contributed by atoms with van der Waals surface area (Å²) in [5, 5.41) is 0. The predicted octanol–water partition coefficient (Wildman–Crippen LogP) is 2.36. The molecule has 3 rings (SSSR count). The maximum atomic E-state index is 11.8. The van der Waals surface area contributed by atoms with Gasteiger partial charge >= 0.3 is 0 Å². The Hall–Kier alpha value is -1.05. The molecule has 14 heavy (non-hydrogen) atoms. The van der Waals surface area contributed by atoms with Crippen LogP contribution in [0.5, 0.6) is 0 Å². The third kappa shape index (κ3) is 1.06. The smallest absolute Gasteiger partial charge is 0.162 e. The van der Waals surface area contributed by atoms with Gasteiger partial charge in [-0.15, -0.1) is 0 Å². The fourth-order valence-electron chi connectivity index (χ4n) is 2.73. The normalized spacial score (nSPS) is 35.3. The van der Waals surface area contributed by atoms with Crippen LogP contribution in [0, 0.1) is 5.92 Å². The first-order valence-electron chi connectivity index (χ1n) is 5.46. The second-order valence-corrected chi connectivity index (χ2v) is 4.30. The van der Waals surface area contributed by atoms with Crippen LogP contribution in [0.15, 0.2) is 23.5 Å². The van der Waals surface area contributed by atoms with Crippen LogP contribution in [0.25, 0.3) is 0 Å². The Kier molecular flexibility index (Phi) is 1.76. The average Bonchev–Trinajstić information content (AvgIpc) is 2.57. The van der Waals surface area contributed by atoms with E-state index in [0.29, 0.717) is 5.78 Å². The highest BCUT2D eigenvalue weighted by molar-refractivity contribution is 5.98. The average molecular weight is 190 g/mol. The highest BCUT2D eigenvalue weighted by Crippen LogP contribution is 2.42. The lowest BCUT2D eigenvalue weighted by atomic mass is 9.82. The molecule has 3 aliphatic rings. The summed E-state index contributed by atoms with van der Waals surface area (Å²) in [5.74, 6) is 1.61. The Bertz CT molecular complexity index is 338. The van der Waals surface area contributed by atoms with Gasteiger partial charge in [0.1, 0.15) is 11.9 Å². The topological polar surface area (TPSA) is 26.3 Å². The van der Waals surface area contributed by atoms with E-state index in [4.69, 9.17) is 4.74 Å². The van der Waals surface area contributed by atoms with Crippen molar-refractivity contribution < 1.29 is 9.53 Å². The highest BCUT2D eigenvalue weighted by Gasteiger charge is 2.40. The van der Waals surface area contributed by atoms with Crippen molar-refractivity contribution in [3.05, 3.63) is 23.5 Å². The molecule has 0 saturated carbocycles. The minimum Gasteiger partial charge on any atom is -0.493 e. The Balaban J connectivity index is 1.99. The molecule has 2 atom stereocenters. The van der Waals surface area contributed by atoms with Crippen LogP contribution in [-0.4, -0.2) is 11.9 Å². The van der Waals surface area contributed by atoms with Gasteiger partial charge in [0.2, 0.25) is 0 Å². The molecule has 0 bridgehead atoms. The van der Waals surface area contributed by atoms with Crippen LogP contribution in [0.2, 0.25) is 0 Å². The molecule has 0 aromatic rings. The lowest BCUT2D eigenvalue weighted by molar-refractivity contribution is -0.116. The van der Waals surface area contributed by atoms with Gasteiger partial charge in [-0.1, -0.05) is 12.2 Å². The number of carbonyl (C=O) groups excluding carboxylic acids is 1. The number of rotatable bonds is 0. The van der Waals surface area contributed by atoms with E-state index in [-0.39, 0.29) is 12.0 Å². The summed E-state index contributed by atoms with van der Waals surface area (Å²) in [6, 6.07) is 0. The molecule has 0 spiro atoms. The molecule has 0 aromatic heterocycles. The molecule has 1 aliphatic heterocycles. The maximum Gasteiger partial charge on any atom is 0.162 e. The summed E-state index contributed by atoms with van der Waals surface area (Å²) >= 11 is 0. The fourth-order valence-corrected chi connectivity index (χ4v) is 2.73. The molecule has 2 heteroatoms. The van der Waals surface area contributed by atoms with Gasteiger partial charge in [0, 0.05) is 24.3 Å². The number of Topliss-reactive ketones (excluding diaryl/α,β-unsaturated/α-hetero) is 1. The van der Waals surface area contributed by atoms with Gasteiger partial charge in [0.05, 0.1) is 0 Å². The molecular weight excluding hydrogens is 176 g/mol.